The maximum atomic E-state index is 11.8. The van der Waals surface area contributed by atoms with Crippen molar-refractivity contribution in [1.82, 2.24) is 14.5 Å². The second kappa shape index (κ2) is 4.14. The number of aryl methyl sites for hydroxylation is 1. The van der Waals surface area contributed by atoms with Gasteiger partial charge in [0.25, 0.3) is 0 Å². The van der Waals surface area contributed by atoms with Crippen molar-refractivity contribution in [2.45, 2.75) is 13.5 Å². The normalized spacial score (nSPS) is 11.5. The smallest absolute Gasteiger partial charge is 0.308 e. The van der Waals surface area contributed by atoms with E-state index in [2.05, 4.69) is 9.88 Å². The molecule has 2 rings (SSSR count). The summed E-state index contributed by atoms with van der Waals surface area (Å²) in [4.78, 5) is 16.7. The lowest BCUT2D eigenvalue weighted by Crippen LogP contribution is -2.24. The van der Waals surface area contributed by atoms with Crippen LogP contribution >= 0.6 is 0 Å². The fourth-order valence-corrected chi connectivity index (χ4v) is 1.92. The standard InChI is InChI=1S/C12H17N3O/c1-9-5-4-6-10-11(9)15(12(16)13-10)8-7-14(2)3/h4-6H,7-8H2,1-3H3,(H,13,16). The highest BCUT2D eigenvalue weighted by Crippen LogP contribution is 2.14. The molecule has 0 aliphatic carbocycles. The van der Waals surface area contributed by atoms with Crippen molar-refractivity contribution in [2.24, 2.45) is 0 Å². The number of likely N-dealkylation sites (N-methyl/N-ethyl adjacent to an activating group) is 1. The largest absolute Gasteiger partial charge is 0.326 e. The molecule has 0 radical (unpaired) electrons. The number of nitrogens with zero attached hydrogens (tertiary/aromatic N) is 2. The molecule has 0 aliphatic heterocycles. The summed E-state index contributed by atoms with van der Waals surface area (Å²) in [5, 5.41) is 0. The quantitative estimate of drug-likeness (QED) is 0.842. The number of nitrogens with one attached hydrogen (secondary N) is 1. The molecule has 0 aliphatic rings. The summed E-state index contributed by atoms with van der Waals surface area (Å²) < 4.78 is 1.81. The second-order valence-electron chi connectivity index (χ2n) is 4.36. The Labute approximate surface area is 94.5 Å². The van der Waals surface area contributed by atoms with Crippen molar-refractivity contribution >= 4 is 11.0 Å². The average Bonchev–Trinajstić information content (AvgIpc) is 2.52. The highest BCUT2D eigenvalue weighted by Gasteiger charge is 2.08. The first kappa shape index (κ1) is 11.0. The van der Waals surface area contributed by atoms with E-state index >= 15 is 0 Å². The Morgan fingerprint density at radius 3 is 2.81 bits per heavy atom. The summed E-state index contributed by atoms with van der Waals surface area (Å²) in [6, 6.07) is 5.93. The van der Waals surface area contributed by atoms with Crippen LogP contribution in [0.3, 0.4) is 0 Å². The van der Waals surface area contributed by atoms with Gasteiger partial charge in [-0.05, 0) is 32.6 Å². The number of imidazole rings is 1. The van der Waals surface area contributed by atoms with Crippen LogP contribution in [0.5, 0.6) is 0 Å². The van der Waals surface area contributed by atoms with Gasteiger partial charge in [-0.1, -0.05) is 12.1 Å². The first-order chi connectivity index (χ1) is 7.59. The number of hydrogen-bond acceptors (Lipinski definition) is 2. The first-order valence-corrected chi connectivity index (χ1v) is 5.42. The van der Waals surface area contributed by atoms with Crippen LogP contribution in [0, 0.1) is 6.92 Å². The zero-order chi connectivity index (χ0) is 11.7. The zero-order valence-corrected chi connectivity index (χ0v) is 9.95. The summed E-state index contributed by atoms with van der Waals surface area (Å²) in [7, 11) is 4.01. The van der Waals surface area contributed by atoms with Gasteiger partial charge in [0, 0.05) is 13.1 Å². The van der Waals surface area contributed by atoms with Crippen LogP contribution in [0.25, 0.3) is 11.0 Å². The van der Waals surface area contributed by atoms with Gasteiger partial charge < -0.3 is 9.88 Å². The van der Waals surface area contributed by atoms with E-state index in [1.54, 1.807) is 0 Å². The maximum Gasteiger partial charge on any atom is 0.326 e. The predicted molar refractivity (Wildman–Crippen MR) is 65.8 cm³/mol. The van der Waals surface area contributed by atoms with Gasteiger partial charge in [-0.3, -0.25) is 4.57 Å². The topological polar surface area (TPSA) is 41.0 Å². The van der Waals surface area contributed by atoms with Crippen molar-refractivity contribution < 1.29 is 0 Å². The minimum atomic E-state index is -0.0221. The zero-order valence-electron chi connectivity index (χ0n) is 9.95. The van der Waals surface area contributed by atoms with Crippen molar-refractivity contribution in [2.75, 3.05) is 20.6 Å². The Balaban J connectivity index is 2.51. The molecule has 86 valence electrons. The van der Waals surface area contributed by atoms with Crippen molar-refractivity contribution in [3.8, 4) is 0 Å². The summed E-state index contributed by atoms with van der Waals surface area (Å²) in [6.07, 6.45) is 0. The van der Waals surface area contributed by atoms with Crippen molar-refractivity contribution in [3.63, 3.8) is 0 Å². The molecule has 0 spiro atoms. The first-order valence-electron chi connectivity index (χ1n) is 5.42. The van der Waals surface area contributed by atoms with Crippen LogP contribution in [0.15, 0.2) is 23.0 Å². The van der Waals surface area contributed by atoms with Gasteiger partial charge in [0.2, 0.25) is 0 Å². The maximum absolute atomic E-state index is 11.8. The molecule has 0 amide bonds. The molecule has 0 fully saturated rings. The monoisotopic (exact) mass is 219 g/mol. The molecular formula is C12H17N3O. The van der Waals surface area contributed by atoms with E-state index in [1.807, 2.05) is 43.8 Å². The highest BCUT2D eigenvalue weighted by molar-refractivity contribution is 5.78. The molecule has 0 unspecified atom stereocenters. The molecule has 2 aromatic rings. The summed E-state index contributed by atoms with van der Waals surface area (Å²) in [6.45, 7) is 3.61. The third kappa shape index (κ3) is 1.88. The Kier molecular flexibility index (Phi) is 2.83. The molecule has 4 nitrogen and oxygen atoms in total. The van der Waals surface area contributed by atoms with Gasteiger partial charge in [0.15, 0.2) is 0 Å². The molecule has 1 aromatic carbocycles. The fourth-order valence-electron chi connectivity index (χ4n) is 1.92. The van der Waals surface area contributed by atoms with E-state index in [-0.39, 0.29) is 5.69 Å². The predicted octanol–water partition coefficient (Wildman–Crippen LogP) is 1.20. The number of fused-ring (bicyclic) bond motifs is 1. The molecule has 1 heterocycles. The van der Waals surface area contributed by atoms with Crippen LogP contribution in [0.4, 0.5) is 0 Å². The average molecular weight is 219 g/mol. The third-order valence-corrected chi connectivity index (χ3v) is 2.77. The van der Waals surface area contributed by atoms with E-state index in [4.69, 9.17) is 0 Å². The van der Waals surface area contributed by atoms with Gasteiger partial charge >= 0.3 is 5.69 Å². The number of aromatic amines is 1. The lowest BCUT2D eigenvalue weighted by Gasteiger charge is -2.10. The van der Waals surface area contributed by atoms with Crippen molar-refractivity contribution in [3.05, 3.63) is 34.2 Å². The number of H-pyrrole nitrogens is 1. The number of hydrogen-bond donors (Lipinski definition) is 1. The minimum absolute atomic E-state index is 0.0221. The minimum Gasteiger partial charge on any atom is -0.308 e. The SMILES string of the molecule is Cc1cccc2[nH]c(=O)n(CCN(C)C)c12. The fraction of sp³-hybridized carbons (Fsp3) is 0.417. The van der Waals surface area contributed by atoms with Crippen LogP contribution in [0.2, 0.25) is 0 Å². The van der Waals surface area contributed by atoms with E-state index in [0.29, 0.717) is 0 Å². The van der Waals surface area contributed by atoms with Crippen LogP contribution in [-0.4, -0.2) is 35.1 Å². The van der Waals surface area contributed by atoms with Crippen LogP contribution in [-0.2, 0) is 6.54 Å². The Morgan fingerprint density at radius 2 is 2.12 bits per heavy atom. The molecule has 0 saturated heterocycles. The van der Waals surface area contributed by atoms with E-state index in [0.717, 1.165) is 29.7 Å². The van der Waals surface area contributed by atoms with Gasteiger partial charge in [-0.25, -0.2) is 4.79 Å². The molecule has 16 heavy (non-hydrogen) atoms. The summed E-state index contributed by atoms with van der Waals surface area (Å²) >= 11 is 0. The number of para-hydroxylation sites is 1. The molecule has 0 bridgehead atoms. The Morgan fingerprint density at radius 1 is 1.38 bits per heavy atom. The van der Waals surface area contributed by atoms with Gasteiger partial charge in [0.1, 0.15) is 0 Å². The lowest BCUT2D eigenvalue weighted by molar-refractivity contribution is 0.384. The van der Waals surface area contributed by atoms with E-state index in [9.17, 15) is 4.79 Å². The van der Waals surface area contributed by atoms with Crippen LogP contribution < -0.4 is 5.69 Å². The molecule has 1 aromatic heterocycles. The van der Waals surface area contributed by atoms with Gasteiger partial charge in [0.05, 0.1) is 11.0 Å². The highest BCUT2D eigenvalue weighted by atomic mass is 16.1. The molecule has 4 heteroatoms. The molecular weight excluding hydrogens is 202 g/mol. The number of rotatable bonds is 3. The summed E-state index contributed by atoms with van der Waals surface area (Å²) in [5.41, 5.74) is 3.05. The number of benzene rings is 1. The van der Waals surface area contributed by atoms with Gasteiger partial charge in [-0.15, -0.1) is 0 Å². The molecule has 1 N–H and O–H groups in total. The molecule has 0 saturated carbocycles. The Bertz CT molecular complexity index is 551. The number of aromatic nitrogens is 2. The van der Waals surface area contributed by atoms with Gasteiger partial charge in [-0.2, -0.15) is 0 Å². The van der Waals surface area contributed by atoms with Crippen molar-refractivity contribution in [1.29, 1.82) is 0 Å². The third-order valence-electron chi connectivity index (χ3n) is 2.77. The van der Waals surface area contributed by atoms with Crippen LogP contribution in [0.1, 0.15) is 5.56 Å². The van der Waals surface area contributed by atoms with E-state index < -0.39 is 0 Å². The Hall–Kier alpha value is -1.55. The second-order valence-corrected chi connectivity index (χ2v) is 4.36. The summed E-state index contributed by atoms with van der Waals surface area (Å²) in [5.74, 6) is 0. The lowest BCUT2D eigenvalue weighted by atomic mass is 10.2. The molecule has 0 atom stereocenters. The van der Waals surface area contributed by atoms with E-state index in [1.165, 1.54) is 0 Å².